The van der Waals surface area contributed by atoms with Gasteiger partial charge in [-0.05, 0) is 42.8 Å². The van der Waals surface area contributed by atoms with Crippen molar-refractivity contribution in [2.24, 2.45) is 0 Å². The lowest BCUT2D eigenvalue weighted by Gasteiger charge is -2.20. The van der Waals surface area contributed by atoms with Gasteiger partial charge < -0.3 is 9.84 Å². The minimum absolute atomic E-state index is 0.104. The molecule has 1 N–H and O–H groups in total. The molecule has 1 aliphatic heterocycles. The van der Waals surface area contributed by atoms with Crippen molar-refractivity contribution >= 4 is 21.7 Å². The molecule has 1 heterocycles. The normalized spacial score (nSPS) is 16.7. The smallest absolute Gasteiger partial charge is 0.312 e. The van der Waals surface area contributed by atoms with Crippen LogP contribution in [0.1, 0.15) is 18.4 Å². The molecule has 126 valence electrons. The molecule has 2 aromatic rings. The summed E-state index contributed by atoms with van der Waals surface area (Å²) in [5, 5.41) is 9.37. The highest BCUT2D eigenvalue weighted by Gasteiger charge is 2.39. The Hall–Kier alpha value is -2.54. The van der Waals surface area contributed by atoms with Crippen molar-refractivity contribution in [3.63, 3.8) is 0 Å². The van der Waals surface area contributed by atoms with Gasteiger partial charge in [-0.25, -0.2) is 8.42 Å². The number of benzene rings is 2. The summed E-state index contributed by atoms with van der Waals surface area (Å²) in [6, 6.07) is 12.8. The molecule has 3 rings (SSSR count). The summed E-state index contributed by atoms with van der Waals surface area (Å²) < 4.78 is 32.3. The Morgan fingerprint density at radius 2 is 1.88 bits per heavy atom. The first-order chi connectivity index (χ1) is 11.4. The van der Waals surface area contributed by atoms with Gasteiger partial charge in [-0.1, -0.05) is 18.2 Å². The number of fused-ring (bicyclic) bond motifs is 1. The maximum absolute atomic E-state index is 12.9. The van der Waals surface area contributed by atoms with Crippen molar-refractivity contribution in [1.29, 1.82) is 0 Å². The molecule has 0 spiro atoms. The maximum Gasteiger partial charge on any atom is 0.312 e. The van der Waals surface area contributed by atoms with E-state index in [4.69, 9.17) is 4.74 Å². The van der Waals surface area contributed by atoms with E-state index in [-0.39, 0.29) is 11.4 Å². The number of hydrogen-bond acceptors (Lipinski definition) is 4. The van der Waals surface area contributed by atoms with Crippen LogP contribution in [0.5, 0.6) is 5.75 Å². The van der Waals surface area contributed by atoms with E-state index in [2.05, 4.69) is 0 Å². The molecule has 7 heteroatoms. The van der Waals surface area contributed by atoms with E-state index in [1.54, 1.807) is 36.4 Å². The van der Waals surface area contributed by atoms with E-state index in [1.807, 2.05) is 6.92 Å². The summed E-state index contributed by atoms with van der Waals surface area (Å²) in [4.78, 5) is 11.6. The number of hydrogen-bond donors (Lipinski definition) is 1. The largest absolute Gasteiger partial charge is 0.494 e. The van der Waals surface area contributed by atoms with E-state index < -0.39 is 21.9 Å². The van der Waals surface area contributed by atoms with Crippen molar-refractivity contribution in [2.75, 3.05) is 17.5 Å². The summed E-state index contributed by atoms with van der Waals surface area (Å²) in [5.41, 5.74) is 0.929. The molecule has 0 aliphatic carbocycles. The molecule has 0 saturated carbocycles. The Labute approximate surface area is 140 Å². The van der Waals surface area contributed by atoms with Crippen molar-refractivity contribution < 1.29 is 23.1 Å². The third kappa shape index (κ3) is 2.71. The van der Waals surface area contributed by atoms with Gasteiger partial charge in [0.15, 0.2) is 0 Å². The molecule has 6 nitrogen and oxygen atoms in total. The fourth-order valence-electron chi connectivity index (χ4n) is 2.81. The van der Waals surface area contributed by atoms with Gasteiger partial charge in [-0.3, -0.25) is 9.10 Å². The van der Waals surface area contributed by atoms with Gasteiger partial charge in [0.25, 0.3) is 10.0 Å². The van der Waals surface area contributed by atoms with Gasteiger partial charge >= 0.3 is 5.97 Å². The zero-order valence-electron chi connectivity index (χ0n) is 13.0. The molecule has 0 fully saturated rings. The topological polar surface area (TPSA) is 83.9 Å². The van der Waals surface area contributed by atoms with Crippen LogP contribution in [0.2, 0.25) is 0 Å². The van der Waals surface area contributed by atoms with E-state index in [9.17, 15) is 18.3 Å². The van der Waals surface area contributed by atoms with Crippen molar-refractivity contribution in [2.45, 2.75) is 17.7 Å². The molecule has 0 unspecified atom stereocenters. The predicted octanol–water partition coefficient (Wildman–Crippen LogP) is 2.46. The van der Waals surface area contributed by atoms with Crippen LogP contribution in [0.25, 0.3) is 0 Å². The first kappa shape index (κ1) is 16.3. The maximum atomic E-state index is 12.9. The standard InChI is InChI=1S/C17H17NO5S/c1-2-23-12-7-9-13(10-8-12)24(21,22)18-11-15(17(19)20)14-5-3-4-6-16(14)18/h3-10,15H,2,11H2,1H3,(H,19,20)/t15-/m0/s1. The average molecular weight is 347 g/mol. The van der Waals surface area contributed by atoms with Gasteiger partial charge in [0, 0.05) is 0 Å². The van der Waals surface area contributed by atoms with Crippen LogP contribution in [-0.2, 0) is 14.8 Å². The van der Waals surface area contributed by atoms with Gasteiger partial charge in [0.2, 0.25) is 0 Å². The van der Waals surface area contributed by atoms with Crippen molar-refractivity contribution in [1.82, 2.24) is 0 Å². The average Bonchev–Trinajstić information content (AvgIpc) is 2.96. The number of aliphatic carboxylic acids is 1. The summed E-state index contributed by atoms with van der Waals surface area (Å²) >= 11 is 0. The molecule has 0 bridgehead atoms. The van der Waals surface area contributed by atoms with Crippen LogP contribution < -0.4 is 9.04 Å². The van der Waals surface area contributed by atoms with Crippen LogP contribution in [0.3, 0.4) is 0 Å². The lowest BCUT2D eigenvalue weighted by molar-refractivity contribution is -0.138. The Morgan fingerprint density at radius 1 is 1.21 bits per heavy atom. The van der Waals surface area contributed by atoms with E-state index in [0.29, 0.717) is 23.6 Å². The van der Waals surface area contributed by atoms with E-state index in [1.165, 1.54) is 12.1 Å². The predicted molar refractivity (Wildman–Crippen MR) is 89.0 cm³/mol. The molecular weight excluding hydrogens is 330 g/mol. The quantitative estimate of drug-likeness (QED) is 0.898. The molecule has 0 radical (unpaired) electrons. The fourth-order valence-corrected chi connectivity index (χ4v) is 4.32. The monoisotopic (exact) mass is 347 g/mol. The highest BCUT2D eigenvalue weighted by molar-refractivity contribution is 7.92. The van der Waals surface area contributed by atoms with Gasteiger partial charge in [0.1, 0.15) is 11.7 Å². The SMILES string of the molecule is CCOc1ccc(S(=O)(=O)N2C[C@H](C(=O)O)c3ccccc32)cc1. The van der Waals surface area contributed by atoms with Crippen LogP contribution in [-0.4, -0.2) is 32.6 Å². The zero-order chi connectivity index (χ0) is 17.3. The highest BCUT2D eigenvalue weighted by atomic mass is 32.2. The number of anilines is 1. The van der Waals surface area contributed by atoms with Crippen LogP contribution in [0, 0.1) is 0 Å². The number of carbonyl (C=O) groups is 1. The number of para-hydroxylation sites is 1. The number of ether oxygens (including phenoxy) is 1. The van der Waals surface area contributed by atoms with Crippen LogP contribution >= 0.6 is 0 Å². The number of carboxylic acids is 1. The van der Waals surface area contributed by atoms with E-state index >= 15 is 0 Å². The summed E-state index contributed by atoms with van der Waals surface area (Å²) in [6.45, 7) is 2.23. The van der Waals surface area contributed by atoms with Crippen LogP contribution in [0.15, 0.2) is 53.4 Å². The molecule has 0 aromatic heterocycles. The van der Waals surface area contributed by atoms with Gasteiger partial charge in [0.05, 0.1) is 23.7 Å². The second-order valence-corrected chi connectivity index (χ2v) is 7.25. The molecule has 24 heavy (non-hydrogen) atoms. The Kier molecular flexibility index (Phi) is 4.19. The molecule has 0 amide bonds. The third-order valence-corrected chi connectivity index (χ3v) is 5.74. The minimum atomic E-state index is -3.84. The van der Waals surface area contributed by atoms with Crippen molar-refractivity contribution in [3.05, 3.63) is 54.1 Å². The van der Waals surface area contributed by atoms with Gasteiger partial charge in [-0.2, -0.15) is 0 Å². The molecular formula is C17H17NO5S. The molecule has 1 atom stereocenters. The van der Waals surface area contributed by atoms with Crippen LogP contribution in [0.4, 0.5) is 5.69 Å². The third-order valence-electron chi connectivity index (χ3n) is 3.95. The lowest BCUT2D eigenvalue weighted by atomic mass is 10.0. The summed E-state index contributed by atoms with van der Waals surface area (Å²) in [6.07, 6.45) is 0. The molecule has 2 aromatic carbocycles. The molecule has 0 saturated heterocycles. The number of rotatable bonds is 5. The number of sulfonamides is 1. The Bertz CT molecular complexity index is 861. The Morgan fingerprint density at radius 3 is 2.50 bits per heavy atom. The van der Waals surface area contributed by atoms with Gasteiger partial charge in [-0.15, -0.1) is 0 Å². The lowest BCUT2D eigenvalue weighted by Crippen LogP contribution is -2.31. The fraction of sp³-hybridized carbons (Fsp3) is 0.235. The summed E-state index contributed by atoms with van der Waals surface area (Å²) in [7, 11) is -3.84. The summed E-state index contributed by atoms with van der Waals surface area (Å²) in [5.74, 6) is -1.31. The highest BCUT2D eigenvalue weighted by Crippen LogP contribution is 2.39. The van der Waals surface area contributed by atoms with E-state index in [0.717, 1.165) is 4.31 Å². The first-order valence-electron chi connectivity index (χ1n) is 7.52. The second kappa shape index (κ2) is 6.16. The molecule has 1 aliphatic rings. The van der Waals surface area contributed by atoms with Crippen molar-refractivity contribution in [3.8, 4) is 5.75 Å². The minimum Gasteiger partial charge on any atom is -0.494 e. The second-order valence-electron chi connectivity index (χ2n) is 5.39. The Balaban J connectivity index is 2.00. The first-order valence-corrected chi connectivity index (χ1v) is 8.96. The zero-order valence-corrected chi connectivity index (χ0v) is 13.9. The number of carboxylic acid groups (broad SMARTS) is 1. The number of nitrogens with zero attached hydrogens (tertiary/aromatic N) is 1.